The highest BCUT2D eigenvalue weighted by atomic mass is 19.4. The molecule has 5 nitrogen and oxygen atoms in total. The highest BCUT2D eigenvalue weighted by molar-refractivity contribution is 5.94. The maximum atomic E-state index is 12.9. The fraction of sp³-hybridized carbons (Fsp3) is 0.474. The first kappa shape index (κ1) is 19.3. The largest absolute Gasteiger partial charge is 0.489 e. The quantitative estimate of drug-likeness (QED) is 0.792. The van der Waals surface area contributed by atoms with Gasteiger partial charge < -0.3 is 14.2 Å². The van der Waals surface area contributed by atoms with Crippen molar-refractivity contribution < 1.29 is 27.2 Å². The molecule has 0 saturated carbocycles. The number of hydrogen-bond donors (Lipinski definition) is 0. The second kappa shape index (κ2) is 7.62. The van der Waals surface area contributed by atoms with Gasteiger partial charge in [-0.25, -0.2) is 0 Å². The van der Waals surface area contributed by atoms with Crippen LogP contribution in [0.3, 0.4) is 0 Å². The van der Waals surface area contributed by atoms with Gasteiger partial charge in [-0.3, -0.25) is 4.79 Å². The van der Waals surface area contributed by atoms with Gasteiger partial charge in [0.1, 0.15) is 18.1 Å². The Bertz CT molecular complexity index is 780. The maximum Gasteiger partial charge on any atom is 0.393 e. The smallest absolute Gasteiger partial charge is 0.393 e. The van der Waals surface area contributed by atoms with Crippen molar-refractivity contribution in [3.8, 4) is 5.75 Å². The topological polar surface area (TPSA) is 55.6 Å². The molecule has 3 rings (SSSR count). The van der Waals surface area contributed by atoms with E-state index in [4.69, 9.17) is 9.26 Å². The van der Waals surface area contributed by atoms with Crippen LogP contribution < -0.4 is 4.74 Å². The van der Waals surface area contributed by atoms with Gasteiger partial charge >= 0.3 is 6.18 Å². The number of ether oxygens (including phenoxy) is 1. The molecular weight excluding hydrogens is 361 g/mol. The van der Waals surface area contributed by atoms with Gasteiger partial charge in [0.25, 0.3) is 5.91 Å². The number of amides is 1. The average Bonchev–Trinajstić information content (AvgIpc) is 2.97. The number of alkyl halides is 3. The fourth-order valence-electron chi connectivity index (χ4n) is 3.17. The molecule has 1 aliphatic rings. The number of aryl methyl sites for hydroxylation is 2. The molecule has 0 N–H and O–H groups in total. The van der Waals surface area contributed by atoms with Crippen LogP contribution in [-0.4, -0.2) is 35.2 Å². The number of benzene rings is 1. The fourth-order valence-corrected chi connectivity index (χ4v) is 3.17. The molecule has 2 heterocycles. The van der Waals surface area contributed by atoms with Crippen LogP contribution in [0, 0.1) is 19.8 Å². The maximum absolute atomic E-state index is 12.9. The van der Waals surface area contributed by atoms with E-state index in [1.807, 2.05) is 6.92 Å². The Morgan fingerprint density at radius 2 is 2.00 bits per heavy atom. The minimum Gasteiger partial charge on any atom is -0.489 e. The summed E-state index contributed by atoms with van der Waals surface area (Å²) in [5, 5.41) is 3.86. The summed E-state index contributed by atoms with van der Waals surface area (Å²) in [6.45, 7) is 3.97. The summed E-state index contributed by atoms with van der Waals surface area (Å²) in [6.07, 6.45) is -3.84. The van der Waals surface area contributed by atoms with Gasteiger partial charge in [0.2, 0.25) is 0 Å². The van der Waals surface area contributed by atoms with Crippen molar-refractivity contribution in [3.63, 3.8) is 0 Å². The van der Waals surface area contributed by atoms with Crippen LogP contribution in [0.5, 0.6) is 5.75 Å². The molecule has 1 atom stereocenters. The number of piperidine rings is 1. The highest BCUT2D eigenvalue weighted by Gasteiger charge is 2.42. The van der Waals surface area contributed by atoms with E-state index in [0.29, 0.717) is 30.0 Å². The van der Waals surface area contributed by atoms with Gasteiger partial charge in [-0.1, -0.05) is 5.16 Å². The third-order valence-electron chi connectivity index (χ3n) is 4.84. The second-order valence-corrected chi connectivity index (χ2v) is 6.75. The Hall–Kier alpha value is -2.51. The normalized spacial score (nSPS) is 17.8. The van der Waals surface area contributed by atoms with Gasteiger partial charge in [-0.15, -0.1) is 0 Å². The third kappa shape index (κ3) is 4.43. The van der Waals surface area contributed by atoms with Gasteiger partial charge in [-0.05, 0) is 51.0 Å². The van der Waals surface area contributed by atoms with Crippen molar-refractivity contribution in [1.29, 1.82) is 0 Å². The number of carbonyl (C=O) groups excluding carboxylic acids is 1. The minimum absolute atomic E-state index is 0.0712. The predicted octanol–water partition coefficient (Wildman–Crippen LogP) is 4.28. The monoisotopic (exact) mass is 382 g/mol. The van der Waals surface area contributed by atoms with Crippen LogP contribution in [0.15, 0.2) is 28.8 Å². The molecule has 27 heavy (non-hydrogen) atoms. The van der Waals surface area contributed by atoms with Gasteiger partial charge in [0.15, 0.2) is 0 Å². The number of hydrogen-bond acceptors (Lipinski definition) is 4. The van der Waals surface area contributed by atoms with Crippen LogP contribution in [0.2, 0.25) is 0 Å². The SMILES string of the molecule is Cc1noc(C)c1COc1ccc(C(=O)N2CCC[C@H](C(F)(F)F)C2)cc1. The van der Waals surface area contributed by atoms with Crippen LogP contribution in [0.25, 0.3) is 0 Å². The number of carbonyl (C=O) groups is 1. The molecule has 146 valence electrons. The predicted molar refractivity (Wildman–Crippen MR) is 91.4 cm³/mol. The van der Waals surface area contributed by atoms with E-state index in [0.717, 1.165) is 11.3 Å². The van der Waals surface area contributed by atoms with E-state index >= 15 is 0 Å². The molecule has 1 amide bonds. The van der Waals surface area contributed by atoms with Crippen molar-refractivity contribution in [2.75, 3.05) is 13.1 Å². The van der Waals surface area contributed by atoms with Crippen molar-refractivity contribution in [2.45, 2.75) is 39.5 Å². The van der Waals surface area contributed by atoms with Crippen LogP contribution >= 0.6 is 0 Å². The second-order valence-electron chi connectivity index (χ2n) is 6.75. The van der Waals surface area contributed by atoms with Crippen LogP contribution in [0.4, 0.5) is 13.2 Å². The molecule has 0 aliphatic carbocycles. The third-order valence-corrected chi connectivity index (χ3v) is 4.84. The van der Waals surface area contributed by atoms with Crippen molar-refractivity contribution in [3.05, 3.63) is 46.8 Å². The Balaban J connectivity index is 1.62. The molecule has 0 bridgehead atoms. The number of halogens is 3. The van der Waals surface area contributed by atoms with Crippen molar-refractivity contribution >= 4 is 5.91 Å². The number of likely N-dealkylation sites (tertiary alicyclic amines) is 1. The van der Waals surface area contributed by atoms with Gasteiger partial charge in [0.05, 0.1) is 17.2 Å². The first-order chi connectivity index (χ1) is 12.8. The summed E-state index contributed by atoms with van der Waals surface area (Å²) >= 11 is 0. The molecule has 0 radical (unpaired) electrons. The Labute approximate surface area is 155 Å². The summed E-state index contributed by atoms with van der Waals surface area (Å²) in [4.78, 5) is 13.8. The van der Waals surface area contributed by atoms with E-state index in [1.165, 1.54) is 4.90 Å². The molecule has 1 aromatic heterocycles. The lowest BCUT2D eigenvalue weighted by atomic mass is 9.97. The Morgan fingerprint density at radius 3 is 2.59 bits per heavy atom. The first-order valence-corrected chi connectivity index (χ1v) is 8.76. The number of rotatable bonds is 4. The summed E-state index contributed by atoms with van der Waals surface area (Å²) in [5.41, 5.74) is 1.97. The van der Waals surface area contributed by atoms with E-state index < -0.39 is 12.1 Å². The first-order valence-electron chi connectivity index (χ1n) is 8.76. The van der Waals surface area contributed by atoms with Gasteiger partial charge in [-0.2, -0.15) is 13.2 Å². The standard InChI is InChI=1S/C19H21F3N2O3/c1-12-17(13(2)27-23-12)11-26-16-7-5-14(6-8-16)18(25)24-9-3-4-15(10-24)19(20,21)22/h5-8,15H,3-4,9-11H2,1-2H3/t15-/m0/s1. The lowest BCUT2D eigenvalue weighted by Crippen LogP contribution is -2.44. The highest BCUT2D eigenvalue weighted by Crippen LogP contribution is 2.33. The molecule has 0 unspecified atom stereocenters. The van der Waals surface area contributed by atoms with Crippen molar-refractivity contribution in [2.24, 2.45) is 5.92 Å². The zero-order valence-corrected chi connectivity index (χ0v) is 15.2. The zero-order chi connectivity index (χ0) is 19.6. The lowest BCUT2D eigenvalue weighted by molar-refractivity contribution is -0.184. The zero-order valence-electron chi connectivity index (χ0n) is 15.2. The molecular formula is C19H21F3N2O3. The summed E-state index contributed by atoms with van der Waals surface area (Å²) < 4.78 is 49.5. The minimum atomic E-state index is -4.27. The molecule has 1 aromatic carbocycles. The average molecular weight is 382 g/mol. The van der Waals surface area contributed by atoms with Crippen molar-refractivity contribution in [1.82, 2.24) is 10.1 Å². The molecule has 1 saturated heterocycles. The van der Waals surface area contributed by atoms with E-state index in [9.17, 15) is 18.0 Å². The molecule has 1 aliphatic heterocycles. The number of aromatic nitrogens is 1. The summed E-state index contributed by atoms with van der Waals surface area (Å²) in [6, 6.07) is 6.41. The van der Waals surface area contributed by atoms with E-state index in [-0.39, 0.29) is 25.5 Å². The summed E-state index contributed by atoms with van der Waals surface area (Å²) in [5.74, 6) is -0.601. The van der Waals surface area contributed by atoms with E-state index in [2.05, 4.69) is 5.16 Å². The number of nitrogens with zero attached hydrogens (tertiary/aromatic N) is 2. The Kier molecular flexibility index (Phi) is 5.43. The molecule has 8 heteroatoms. The van der Waals surface area contributed by atoms with Gasteiger partial charge in [0, 0.05) is 18.7 Å². The molecule has 2 aromatic rings. The molecule has 1 fully saturated rings. The summed E-state index contributed by atoms with van der Waals surface area (Å²) in [7, 11) is 0. The van der Waals surface area contributed by atoms with Crippen LogP contribution in [0.1, 0.15) is 40.2 Å². The van der Waals surface area contributed by atoms with Crippen LogP contribution in [-0.2, 0) is 6.61 Å². The Morgan fingerprint density at radius 1 is 1.30 bits per heavy atom. The lowest BCUT2D eigenvalue weighted by Gasteiger charge is -2.33. The van der Waals surface area contributed by atoms with E-state index in [1.54, 1.807) is 31.2 Å². The molecule has 0 spiro atoms.